The van der Waals surface area contributed by atoms with Crippen molar-refractivity contribution < 1.29 is 18.4 Å². The molecule has 0 saturated carbocycles. The van der Waals surface area contributed by atoms with Crippen molar-refractivity contribution in [1.29, 1.82) is 0 Å². The standard InChI is InChI=1S/C24H28FN3O3/c1-4-18(2)28(24(30)19-8-5-9-20(25)14-19)17-23(29)27(16-22-11-7-13-31-22)15-21-10-6-12-26(21)3/h5-14,18H,4,15-17H2,1-3H3/t18-/m0/s1. The van der Waals surface area contributed by atoms with E-state index in [9.17, 15) is 14.0 Å². The molecule has 0 aliphatic carbocycles. The lowest BCUT2D eigenvalue weighted by Crippen LogP contribution is -2.46. The molecule has 0 unspecified atom stereocenters. The summed E-state index contributed by atoms with van der Waals surface area (Å²) in [6.45, 7) is 4.41. The number of hydrogen-bond donors (Lipinski definition) is 0. The van der Waals surface area contributed by atoms with Crippen LogP contribution in [0.25, 0.3) is 0 Å². The summed E-state index contributed by atoms with van der Waals surface area (Å²) in [7, 11) is 1.92. The molecule has 6 nitrogen and oxygen atoms in total. The van der Waals surface area contributed by atoms with E-state index in [1.807, 2.05) is 49.9 Å². The summed E-state index contributed by atoms with van der Waals surface area (Å²) in [5.41, 5.74) is 1.19. The number of rotatable bonds is 9. The molecule has 0 aliphatic heterocycles. The number of furan rings is 1. The quantitative estimate of drug-likeness (QED) is 0.516. The lowest BCUT2D eigenvalue weighted by atomic mass is 10.1. The Labute approximate surface area is 181 Å². The van der Waals surface area contributed by atoms with Gasteiger partial charge in [-0.1, -0.05) is 13.0 Å². The molecule has 2 aromatic heterocycles. The smallest absolute Gasteiger partial charge is 0.254 e. The van der Waals surface area contributed by atoms with Gasteiger partial charge in [0, 0.05) is 30.5 Å². The number of hydrogen-bond acceptors (Lipinski definition) is 3. The summed E-state index contributed by atoms with van der Waals surface area (Å²) >= 11 is 0. The summed E-state index contributed by atoms with van der Waals surface area (Å²) in [6.07, 6.45) is 4.16. The molecule has 0 saturated heterocycles. The van der Waals surface area contributed by atoms with Crippen molar-refractivity contribution >= 4 is 11.8 Å². The summed E-state index contributed by atoms with van der Waals surface area (Å²) in [4.78, 5) is 29.6. The molecule has 31 heavy (non-hydrogen) atoms. The highest BCUT2D eigenvalue weighted by molar-refractivity contribution is 5.96. The first-order valence-electron chi connectivity index (χ1n) is 10.4. The third-order valence-corrected chi connectivity index (χ3v) is 5.44. The fourth-order valence-electron chi connectivity index (χ4n) is 3.36. The van der Waals surface area contributed by atoms with Crippen LogP contribution in [-0.4, -0.2) is 38.8 Å². The molecule has 7 heteroatoms. The van der Waals surface area contributed by atoms with E-state index in [2.05, 4.69) is 0 Å². The number of carbonyl (C=O) groups excluding carboxylic acids is 2. The summed E-state index contributed by atoms with van der Waals surface area (Å²) in [6, 6.07) is 12.8. The minimum atomic E-state index is -0.482. The summed E-state index contributed by atoms with van der Waals surface area (Å²) < 4.78 is 21.1. The van der Waals surface area contributed by atoms with Gasteiger partial charge in [0.25, 0.3) is 5.91 Å². The molecule has 3 aromatic rings. The zero-order valence-corrected chi connectivity index (χ0v) is 18.1. The second kappa shape index (κ2) is 10.1. The van der Waals surface area contributed by atoms with E-state index in [0.29, 0.717) is 25.3 Å². The molecule has 2 amide bonds. The van der Waals surface area contributed by atoms with Gasteiger partial charge in [-0.2, -0.15) is 0 Å². The van der Waals surface area contributed by atoms with Gasteiger partial charge >= 0.3 is 0 Å². The molecule has 1 aromatic carbocycles. The van der Waals surface area contributed by atoms with Gasteiger partial charge in [0.05, 0.1) is 19.4 Å². The van der Waals surface area contributed by atoms with Crippen LogP contribution in [0.3, 0.4) is 0 Å². The highest BCUT2D eigenvalue weighted by Gasteiger charge is 2.26. The second-order valence-electron chi connectivity index (χ2n) is 7.64. The molecule has 0 spiro atoms. The normalized spacial score (nSPS) is 11.9. The van der Waals surface area contributed by atoms with Crippen molar-refractivity contribution in [3.8, 4) is 0 Å². The Morgan fingerprint density at radius 2 is 1.94 bits per heavy atom. The van der Waals surface area contributed by atoms with Crippen LogP contribution in [0.4, 0.5) is 4.39 Å². The Morgan fingerprint density at radius 3 is 2.55 bits per heavy atom. The van der Waals surface area contributed by atoms with Crippen LogP contribution in [0.1, 0.15) is 42.1 Å². The third kappa shape index (κ3) is 5.63. The van der Waals surface area contributed by atoms with E-state index in [1.54, 1.807) is 23.3 Å². The van der Waals surface area contributed by atoms with Crippen LogP contribution in [-0.2, 0) is 24.9 Å². The maximum Gasteiger partial charge on any atom is 0.254 e. The Balaban J connectivity index is 1.83. The monoisotopic (exact) mass is 425 g/mol. The highest BCUT2D eigenvalue weighted by Crippen LogP contribution is 2.16. The molecule has 0 aliphatic rings. The first-order valence-corrected chi connectivity index (χ1v) is 10.4. The van der Waals surface area contributed by atoms with E-state index in [0.717, 1.165) is 5.69 Å². The van der Waals surface area contributed by atoms with Gasteiger partial charge in [-0.3, -0.25) is 9.59 Å². The van der Waals surface area contributed by atoms with Gasteiger partial charge in [0.1, 0.15) is 18.1 Å². The summed E-state index contributed by atoms with van der Waals surface area (Å²) in [5, 5.41) is 0. The third-order valence-electron chi connectivity index (χ3n) is 5.44. The lowest BCUT2D eigenvalue weighted by Gasteiger charge is -2.31. The fraction of sp³-hybridized carbons (Fsp3) is 0.333. The predicted molar refractivity (Wildman–Crippen MR) is 116 cm³/mol. The molecule has 0 fully saturated rings. The number of nitrogens with zero attached hydrogens (tertiary/aromatic N) is 3. The maximum absolute atomic E-state index is 13.7. The largest absolute Gasteiger partial charge is 0.467 e. The van der Waals surface area contributed by atoms with E-state index in [-0.39, 0.29) is 30.0 Å². The van der Waals surface area contributed by atoms with Crippen molar-refractivity contribution in [1.82, 2.24) is 14.4 Å². The topological polar surface area (TPSA) is 58.7 Å². The van der Waals surface area contributed by atoms with Crippen LogP contribution in [0.15, 0.2) is 65.4 Å². The zero-order chi connectivity index (χ0) is 22.4. The molecule has 0 radical (unpaired) electrons. The molecular formula is C24H28FN3O3. The Morgan fingerprint density at radius 1 is 1.13 bits per heavy atom. The zero-order valence-electron chi connectivity index (χ0n) is 18.1. The lowest BCUT2D eigenvalue weighted by molar-refractivity contribution is -0.134. The Hall–Kier alpha value is -3.35. The van der Waals surface area contributed by atoms with Gasteiger partial charge < -0.3 is 18.8 Å². The molecule has 164 valence electrons. The van der Waals surface area contributed by atoms with E-state index in [1.165, 1.54) is 23.1 Å². The number of halogens is 1. The number of benzene rings is 1. The molecule has 0 bridgehead atoms. The minimum Gasteiger partial charge on any atom is -0.467 e. The van der Waals surface area contributed by atoms with Crippen LogP contribution in [0, 0.1) is 5.82 Å². The van der Waals surface area contributed by atoms with Crippen LogP contribution >= 0.6 is 0 Å². The second-order valence-corrected chi connectivity index (χ2v) is 7.64. The van der Waals surface area contributed by atoms with Crippen molar-refractivity contribution in [3.63, 3.8) is 0 Å². The number of carbonyl (C=O) groups is 2. The number of aromatic nitrogens is 1. The SMILES string of the molecule is CC[C@H](C)N(CC(=O)N(Cc1ccco1)Cc1cccn1C)C(=O)c1cccc(F)c1. The van der Waals surface area contributed by atoms with Crippen molar-refractivity contribution in [3.05, 3.63) is 83.8 Å². The van der Waals surface area contributed by atoms with E-state index < -0.39 is 5.82 Å². The molecular weight excluding hydrogens is 397 g/mol. The average molecular weight is 426 g/mol. The molecule has 3 rings (SSSR count). The highest BCUT2D eigenvalue weighted by atomic mass is 19.1. The summed E-state index contributed by atoms with van der Waals surface area (Å²) in [5.74, 6) is -0.389. The Kier molecular flexibility index (Phi) is 7.28. The van der Waals surface area contributed by atoms with Crippen LogP contribution in [0.5, 0.6) is 0 Å². The minimum absolute atomic E-state index is 0.102. The fourth-order valence-corrected chi connectivity index (χ4v) is 3.36. The van der Waals surface area contributed by atoms with Gasteiger partial charge in [-0.25, -0.2) is 4.39 Å². The van der Waals surface area contributed by atoms with Gasteiger partial charge in [-0.15, -0.1) is 0 Å². The number of aryl methyl sites for hydroxylation is 1. The molecule has 1 atom stereocenters. The number of amides is 2. The first-order chi connectivity index (χ1) is 14.9. The molecule has 0 N–H and O–H groups in total. The van der Waals surface area contributed by atoms with Crippen molar-refractivity contribution in [2.75, 3.05) is 6.54 Å². The average Bonchev–Trinajstić information content (AvgIpc) is 3.42. The van der Waals surface area contributed by atoms with Gasteiger partial charge in [0.15, 0.2) is 0 Å². The maximum atomic E-state index is 13.7. The van der Waals surface area contributed by atoms with Crippen LogP contribution < -0.4 is 0 Å². The predicted octanol–water partition coefficient (Wildman–Crippen LogP) is 4.23. The van der Waals surface area contributed by atoms with E-state index in [4.69, 9.17) is 4.42 Å². The Bertz CT molecular complexity index is 1010. The van der Waals surface area contributed by atoms with Gasteiger partial charge in [0.2, 0.25) is 5.91 Å². The van der Waals surface area contributed by atoms with Crippen LogP contribution in [0.2, 0.25) is 0 Å². The first kappa shape index (κ1) is 22.3. The molecule has 2 heterocycles. The van der Waals surface area contributed by atoms with E-state index >= 15 is 0 Å². The van der Waals surface area contributed by atoms with Crippen molar-refractivity contribution in [2.24, 2.45) is 7.05 Å². The van der Waals surface area contributed by atoms with Crippen molar-refractivity contribution in [2.45, 2.75) is 39.4 Å². The van der Waals surface area contributed by atoms with Gasteiger partial charge in [-0.05, 0) is 55.8 Å².